The molecule has 0 aliphatic carbocycles. The van der Waals surface area contributed by atoms with Crippen molar-refractivity contribution in [3.05, 3.63) is 59.2 Å². The zero-order valence-corrected chi connectivity index (χ0v) is 12.0. The number of hydrogen-bond donors (Lipinski definition) is 2. The molecule has 1 amide bonds. The summed E-state index contributed by atoms with van der Waals surface area (Å²) >= 11 is 0. The molecule has 1 aliphatic heterocycles. The first kappa shape index (κ1) is 13.5. The van der Waals surface area contributed by atoms with Crippen LogP contribution < -0.4 is 10.1 Å². The molecular formula is C17H17NO3. The van der Waals surface area contributed by atoms with E-state index in [4.69, 9.17) is 4.74 Å². The number of rotatable bonds is 2. The molecule has 0 spiro atoms. The van der Waals surface area contributed by atoms with Gasteiger partial charge in [0.15, 0.2) is 0 Å². The molecule has 1 aliphatic rings. The van der Waals surface area contributed by atoms with Gasteiger partial charge in [-0.1, -0.05) is 24.3 Å². The minimum absolute atomic E-state index is 0.0108. The monoisotopic (exact) mass is 283 g/mol. The van der Waals surface area contributed by atoms with E-state index in [1.165, 1.54) is 0 Å². The Labute approximate surface area is 123 Å². The summed E-state index contributed by atoms with van der Waals surface area (Å²) in [6.07, 6.45) is -0.0902. The SMILES string of the molecule is CNC(=O)c1cccc2c1OC(C)C2c1cccc(O)c1. The first-order chi connectivity index (χ1) is 10.1. The molecule has 0 fully saturated rings. The number of carbonyl (C=O) groups is 1. The molecule has 4 heteroatoms. The normalized spacial score (nSPS) is 19.7. The van der Waals surface area contributed by atoms with Crippen LogP contribution in [0.1, 0.15) is 34.3 Å². The Bertz CT molecular complexity index is 696. The van der Waals surface area contributed by atoms with Gasteiger partial charge < -0.3 is 15.2 Å². The van der Waals surface area contributed by atoms with Crippen LogP contribution in [0.3, 0.4) is 0 Å². The number of amides is 1. The van der Waals surface area contributed by atoms with Crippen molar-refractivity contribution in [2.24, 2.45) is 0 Å². The molecule has 0 saturated carbocycles. The molecule has 21 heavy (non-hydrogen) atoms. The summed E-state index contributed by atoms with van der Waals surface area (Å²) in [6.45, 7) is 1.97. The van der Waals surface area contributed by atoms with Gasteiger partial charge in [0.2, 0.25) is 0 Å². The molecule has 0 aromatic heterocycles. The number of benzene rings is 2. The van der Waals surface area contributed by atoms with Crippen molar-refractivity contribution < 1.29 is 14.6 Å². The average molecular weight is 283 g/mol. The number of fused-ring (bicyclic) bond motifs is 1. The highest BCUT2D eigenvalue weighted by molar-refractivity contribution is 5.97. The molecule has 3 rings (SSSR count). The number of nitrogens with one attached hydrogen (secondary N) is 1. The molecule has 1 heterocycles. The summed E-state index contributed by atoms with van der Waals surface area (Å²) in [5, 5.41) is 12.3. The van der Waals surface area contributed by atoms with Crippen LogP contribution in [-0.4, -0.2) is 24.2 Å². The molecule has 2 aromatic rings. The minimum atomic E-state index is -0.157. The number of phenolic OH excluding ortho intramolecular Hbond substituents is 1. The molecule has 2 unspecified atom stereocenters. The summed E-state index contributed by atoms with van der Waals surface area (Å²) in [5.41, 5.74) is 2.51. The Hall–Kier alpha value is -2.49. The lowest BCUT2D eigenvalue weighted by Crippen LogP contribution is -2.19. The van der Waals surface area contributed by atoms with Gasteiger partial charge in [-0.2, -0.15) is 0 Å². The van der Waals surface area contributed by atoms with Crippen LogP contribution in [0.2, 0.25) is 0 Å². The predicted octanol–water partition coefficient (Wildman–Crippen LogP) is 2.66. The third-order valence-corrected chi connectivity index (χ3v) is 3.85. The highest BCUT2D eigenvalue weighted by Crippen LogP contribution is 2.44. The summed E-state index contributed by atoms with van der Waals surface area (Å²) in [7, 11) is 1.60. The van der Waals surface area contributed by atoms with E-state index in [1.807, 2.05) is 31.2 Å². The van der Waals surface area contributed by atoms with Gasteiger partial charge in [0.25, 0.3) is 5.91 Å². The van der Waals surface area contributed by atoms with Crippen molar-refractivity contribution >= 4 is 5.91 Å². The fraction of sp³-hybridized carbons (Fsp3) is 0.235. The second-order valence-corrected chi connectivity index (χ2v) is 5.20. The Morgan fingerprint density at radius 3 is 2.71 bits per heavy atom. The van der Waals surface area contributed by atoms with Gasteiger partial charge in [-0.25, -0.2) is 0 Å². The molecule has 2 N–H and O–H groups in total. The Morgan fingerprint density at radius 2 is 2.00 bits per heavy atom. The van der Waals surface area contributed by atoms with E-state index in [0.29, 0.717) is 11.3 Å². The van der Waals surface area contributed by atoms with E-state index in [0.717, 1.165) is 11.1 Å². The largest absolute Gasteiger partial charge is 0.508 e. The van der Waals surface area contributed by atoms with E-state index in [2.05, 4.69) is 5.32 Å². The number of para-hydroxylation sites is 1. The third-order valence-electron chi connectivity index (χ3n) is 3.85. The fourth-order valence-electron chi connectivity index (χ4n) is 2.92. The lowest BCUT2D eigenvalue weighted by molar-refractivity contribution is 0.0958. The maximum Gasteiger partial charge on any atom is 0.254 e. The van der Waals surface area contributed by atoms with Crippen LogP contribution in [0, 0.1) is 0 Å². The summed E-state index contributed by atoms with van der Waals surface area (Å²) in [6, 6.07) is 12.8. The van der Waals surface area contributed by atoms with Crippen LogP contribution in [0.15, 0.2) is 42.5 Å². The molecule has 0 radical (unpaired) electrons. The van der Waals surface area contributed by atoms with Crippen molar-refractivity contribution in [3.8, 4) is 11.5 Å². The molecule has 2 atom stereocenters. The highest BCUT2D eigenvalue weighted by Gasteiger charge is 2.35. The van der Waals surface area contributed by atoms with Crippen molar-refractivity contribution in [2.45, 2.75) is 18.9 Å². The van der Waals surface area contributed by atoms with Gasteiger partial charge in [-0.05, 0) is 30.7 Å². The molecular weight excluding hydrogens is 266 g/mol. The van der Waals surface area contributed by atoms with Crippen LogP contribution in [0.25, 0.3) is 0 Å². The van der Waals surface area contributed by atoms with E-state index >= 15 is 0 Å². The van der Waals surface area contributed by atoms with E-state index in [9.17, 15) is 9.90 Å². The highest BCUT2D eigenvalue weighted by atomic mass is 16.5. The first-order valence-corrected chi connectivity index (χ1v) is 6.92. The van der Waals surface area contributed by atoms with Crippen LogP contribution in [0.5, 0.6) is 11.5 Å². The lowest BCUT2D eigenvalue weighted by Gasteiger charge is -2.15. The van der Waals surface area contributed by atoms with Crippen molar-refractivity contribution in [1.29, 1.82) is 0 Å². The topological polar surface area (TPSA) is 58.6 Å². The number of carbonyl (C=O) groups excluding carboxylic acids is 1. The van der Waals surface area contributed by atoms with Gasteiger partial charge in [-0.15, -0.1) is 0 Å². The Kier molecular flexibility index (Phi) is 3.29. The van der Waals surface area contributed by atoms with Gasteiger partial charge in [0.05, 0.1) is 5.56 Å². The van der Waals surface area contributed by atoms with Crippen molar-refractivity contribution in [3.63, 3.8) is 0 Å². The van der Waals surface area contributed by atoms with Crippen LogP contribution >= 0.6 is 0 Å². The molecule has 0 saturated heterocycles. The minimum Gasteiger partial charge on any atom is -0.508 e. The first-order valence-electron chi connectivity index (χ1n) is 6.92. The molecule has 108 valence electrons. The zero-order chi connectivity index (χ0) is 15.0. The van der Waals surface area contributed by atoms with Gasteiger partial charge in [0.1, 0.15) is 17.6 Å². The molecule has 0 bridgehead atoms. The maximum atomic E-state index is 11.9. The number of phenols is 1. The second kappa shape index (κ2) is 5.13. The number of hydrogen-bond acceptors (Lipinski definition) is 3. The third kappa shape index (κ3) is 2.23. The smallest absolute Gasteiger partial charge is 0.254 e. The Morgan fingerprint density at radius 1 is 1.24 bits per heavy atom. The number of ether oxygens (including phenoxy) is 1. The number of aromatic hydroxyl groups is 1. The molecule has 2 aromatic carbocycles. The van der Waals surface area contributed by atoms with E-state index in [-0.39, 0.29) is 23.7 Å². The van der Waals surface area contributed by atoms with Gasteiger partial charge in [-0.3, -0.25) is 4.79 Å². The average Bonchev–Trinajstić information content (AvgIpc) is 2.82. The zero-order valence-electron chi connectivity index (χ0n) is 12.0. The van der Waals surface area contributed by atoms with Crippen LogP contribution in [-0.2, 0) is 0 Å². The van der Waals surface area contributed by atoms with Crippen LogP contribution in [0.4, 0.5) is 0 Å². The van der Waals surface area contributed by atoms with Crippen molar-refractivity contribution in [2.75, 3.05) is 7.05 Å². The van der Waals surface area contributed by atoms with Gasteiger partial charge in [0, 0.05) is 18.5 Å². The summed E-state index contributed by atoms with van der Waals surface area (Å²) < 4.78 is 5.93. The fourth-order valence-corrected chi connectivity index (χ4v) is 2.92. The second-order valence-electron chi connectivity index (χ2n) is 5.20. The molecule has 4 nitrogen and oxygen atoms in total. The van der Waals surface area contributed by atoms with E-state index in [1.54, 1.807) is 25.2 Å². The quantitative estimate of drug-likeness (QED) is 0.891. The Balaban J connectivity index is 2.10. The standard InChI is InChI=1S/C17H17NO3/c1-10-15(11-5-3-6-12(19)9-11)13-7-4-8-14(16(13)21-10)17(20)18-2/h3-10,15,19H,1-2H3,(H,18,20). The summed E-state index contributed by atoms with van der Waals surface area (Å²) in [4.78, 5) is 11.9. The predicted molar refractivity (Wildman–Crippen MR) is 79.9 cm³/mol. The van der Waals surface area contributed by atoms with Gasteiger partial charge >= 0.3 is 0 Å². The lowest BCUT2D eigenvalue weighted by atomic mass is 9.88. The van der Waals surface area contributed by atoms with E-state index < -0.39 is 0 Å². The maximum absolute atomic E-state index is 11.9. The summed E-state index contributed by atoms with van der Waals surface area (Å²) in [5.74, 6) is 0.723. The van der Waals surface area contributed by atoms with Crippen molar-refractivity contribution in [1.82, 2.24) is 5.32 Å².